The third-order valence-corrected chi connectivity index (χ3v) is 1.64. The second kappa shape index (κ2) is 2.85. The quantitative estimate of drug-likeness (QED) is 0.719. The minimum Gasteiger partial charge on any atom is -0.481 e. The van der Waals surface area contributed by atoms with Crippen LogP contribution in [-0.4, -0.2) is 25.4 Å². The zero-order chi connectivity index (χ0) is 9.26. The molecule has 0 aliphatic rings. The molecule has 0 amide bonds. The lowest BCUT2D eigenvalue weighted by Crippen LogP contribution is -1.99. The number of aliphatic carboxylic acids is 1. The first-order valence-corrected chi connectivity index (χ1v) is 3.75. The summed E-state index contributed by atoms with van der Waals surface area (Å²) in [6.07, 6.45) is 4.82. The Balaban J connectivity index is 2.44. The molecule has 2 rings (SSSR count). The van der Waals surface area contributed by atoms with Gasteiger partial charge in [0.25, 0.3) is 0 Å². The maximum Gasteiger partial charge on any atom is 0.309 e. The molecule has 0 unspecified atom stereocenters. The standard InChI is InChI=1S/C8H7N3O2/c12-8(13)3-6-4-11-5-9-2-1-7(11)10-6/h1-2,4-5H,3H2,(H,12,13). The normalized spacial score (nSPS) is 10.5. The van der Waals surface area contributed by atoms with Crippen molar-refractivity contribution in [3.05, 3.63) is 30.5 Å². The number of carbonyl (C=O) groups is 1. The average Bonchev–Trinajstić information content (AvgIpc) is 2.44. The van der Waals surface area contributed by atoms with E-state index in [2.05, 4.69) is 9.97 Å². The van der Waals surface area contributed by atoms with E-state index >= 15 is 0 Å². The Morgan fingerprint density at radius 2 is 2.46 bits per heavy atom. The van der Waals surface area contributed by atoms with Gasteiger partial charge in [0.2, 0.25) is 0 Å². The third kappa shape index (κ3) is 1.48. The van der Waals surface area contributed by atoms with Crippen LogP contribution in [0.3, 0.4) is 0 Å². The fourth-order valence-corrected chi connectivity index (χ4v) is 1.14. The minimum absolute atomic E-state index is 0.0539. The third-order valence-electron chi connectivity index (χ3n) is 1.64. The van der Waals surface area contributed by atoms with Crippen LogP contribution in [0, 0.1) is 0 Å². The molecule has 2 heterocycles. The van der Waals surface area contributed by atoms with Crippen LogP contribution >= 0.6 is 0 Å². The van der Waals surface area contributed by atoms with Crippen LogP contribution in [0.5, 0.6) is 0 Å². The van der Waals surface area contributed by atoms with E-state index in [4.69, 9.17) is 5.11 Å². The Bertz CT molecular complexity index is 416. The first-order valence-electron chi connectivity index (χ1n) is 3.75. The molecule has 1 N–H and O–H groups in total. The van der Waals surface area contributed by atoms with Gasteiger partial charge in [0, 0.05) is 12.4 Å². The fourth-order valence-electron chi connectivity index (χ4n) is 1.14. The highest BCUT2D eigenvalue weighted by atomic mass is 16.4. The highest BCUT2D eigenvalue weighted by Gasteiger charge is 2.04. The lowest BCUT2D eigenvalue weighted by Gasteiger charge is -1.86. The van der Waals surface area contributed by atoms with Crippen LogP contribution in [0.2, 0.25) is 0 Å². The van der Waals surface area contributed by atoms with Crippen LogP contribution in [0.1, 0.15) is 5.69 Å². The molecule has 5 nitrogen and oxygen atoms in total. The van der Waals surface area contributed by atoms with Gasteiger partial charge in [0.1, 0.15) is 12.0 Å². The SMILES string of the molecule is O=C(O)Cc1cn2cnccc2n1. The summed E-state index contributed by atoms with van der Waals surface area (Å²) in [7, 11) is 0. The molecule has 0 atom stereocenters. The highest BCUT2D eigenvalue weighted by molar-refractivity contribution is 5.69. The largest absolute Gasteiger partial charge is 0.481 e. The minimum atomic E-state index is -0.878. The topological polar surface area (TPSA) is 67.5 Å². The summed E-state index contributed by atoms with van der Waals surface area (Å²) < 4.78 is 1.69. The van der Waals surface area contributed by atoms with E-state index in [1.54, 1.807) is 29.2 Å². The molecule has 0 saturated heterocycles. The highest BCUT2D eigenvalue weighted by Crippen LogP contribution is 2.03. The maximum atomic E-state index is 10.4. The van der Waals surface area contributed by atoms with E-state index in [0.717, 1.165) is 0 Å². The molecule has 2 aromatic rings. The van der Waals surface area contributed by atoms with Crippen molar-refractivity contribution >= 4 is 11.6 Å². The summed E-state index contributed by atoms with van der Waals surface area (Å²) in [5, 5.41) is 8.53. The van der Waals surface area contributed by atoms with Gasteiger partial charge >= 0.3 is 5.97 Å². The van der Waals surface area contributed by atoms with E-state index in [0.29, 0.717) is 11.3 Å². The number of fused-ring (bicyclic) bond motifs is 1. The fraction of sp³-hybridized carbons (Fsp3) is 0.125. The number of hydrogen-bond acceptors (Lipinski definition) is 3. The van der Waals surface area contributed by atoms with Crippen molar-refractivity contribution in [2.45, 2.75) is 6.42 Å². The Morgan fingerprint density at radius 3 is 3.15 bits per heavy atom. The van der Waals surface area contributed by atoms with Gasteiger partial charge in [-0.25, -0.2) is 9.97 Å². The van der Waals surface area contributed by atoms with Crippen LogP contribution in [0.25, 0.3) is 5.65 Å². The molecule has 0 fully saturated rings. The lowest BCUT2D eigenvalue weighted by atomic mass is 10.3. The zero-order valence-electron chi connectivity index (χ0n) is 6.71. The van der Waals surface area contributed by atoms with Gasteiger partial charge in [-0.2, -0.15) is 0 Å². The molecular weight excluding hydrogens is 170 g/mol. The van der Waals surface area contributed by atoms with Crippen molar-refractivity contribution in [1.29, 1.82) is 0 Å². The molecule has 0 radical (unpaired) electrons. The Morgan fingerprint density at radius 1 is 1.62 bits per heavy atom. The van der Waals surface area contributed by atoms with E-state index in [1.807, 2.05) is 0 Å². The molecule has 2 aromatic heterocycles. The summed E-state index contributed by atoms with van der Waals surface area (Å²) in [6.45, 7) is 0. The first-order chi connectivity index (χ1) is 6.25. The van der Waals surface area contributed by atoms with E-state index in [1.165, 1.54) is 0 Å². The van der Waals surface area contributed by atoms with Gasteiger partial charge in [0.05, 0.1) is 12.1 Å². The smallest absolute Gasteiger partial charge is 0.309 e. The summed E-state index contributed by atoms with van der Waals surface area (Å²) in [4.78, 5) is 18.4. The molecule has 5 heteroatoms. The number of carboxylic acids is 1. The summed E-state index contributed by atoms with van der Waals surface area (Å²) in [6, 6.07) is 1.73. The lowest BCUT2D eigenvalue weighted by molar-refractivity contribution is -0.136. The number of nitrogens with zero attached hydrogens (tertiary/aromatic N) is 3. The molecule has 0 aliphatic carbocycles. The molecule has 13 heavy (non-hydrogen) atoms. The number of hydrogen-bond donors (Lipinski definition) is 1. The molecule has 66 valence electrons. The predicted molar refractivity (Wildman–Crippen MR) is 44.3 cm³/mol. The van der Waals surface area contributed by atoms with E-state index < -0.39 is 5.97 Å². The summed E-state index contributed by atoms with van der Waals surface area (Å²) in [5.74, 6) is -0.878. The van der Waals surface area contributed by atoms with Gasteiger partial charge in [-0.15, -0.1) is 0 Å². The van der Waals surface area contributed by atoms with Gasteiger partial charge in [-0.1, -0.05) is 0 Å². The van der Waals surface area contributed by atoms with E-state index in [9.17, 15) is 4.79 Å². The Kier molecular flexibility index (Phi) is 1.70. The van der Waals surface area contributed by atoms with Crippen LogP contribution in [0.15, 0.2) is 24.8 Å². The average molecular weight is 177 g/mol. The van der Waals surface area contributed by atoms with Gasteiger partial charge in [0.15, 0.2) is 0 Å². The van der Waals surface area contributed by atoms with Crippen LogP contribution < -0.4 is 0 Å². The van der Waals surface area contributed by atoms with Crippen molar-refractivity contribution in [3.63, 3.8) is 0 Å². The van der Waals surface area contributed by atoms with Gasteiger partial charge in [-0.3, -0.25) is 9.20 Å². The number of carboxylic acid groups (broad SMARTS) is 1. The van der Waals surface area contributed by atoms with Crippen LogP contribution in [-0.2, 0) is 11.2 Å². The maximum absolute atomic E-state index is 10.4. The van der Waals surface area contributed by atoms with Crippen molar-refractivity contribution in [3.8, 4) is 0 Å². The van der Waals surface area contributed by atoms with Crippen molar-refractivity contribution in [2.24, 2.45) is 0 Å². The summed E-state index contributed by atoms with van der Waals surface area (Å²) >= 11 is 0. The molecular formula is C8H7N3O2. The number of rotatable bonds is 2. The van der Waals surface area contributed by atoms with E-state index in [-0.39, 0.29) is 6.42 Å². The van der Waals surface area contributed by atoms with Gasteiger partial charge in [-0.05, 0) is 6.07 Å². The van der Waals surface area contributed by atoms with Crippen LogP contribution in [0.4, 0.5) is 0 Å². The van der Waals surface area contributed by atoms with Crippen molar-refractivity contribution in [1.82, 2.24) is 14.4 Å². The zero-order valence-corrected chi connectivity index (χ0v) is 6.71. The first kappa shape index (κ1) is 7.72. The predicted octanol–water partition coefficient (Wildman–Crippen LogP) is 0.356. The number of aromatic nitrogens is 3. The molecule has 0 bridgehead atoms. The second-order valence-corrected chi connectivity index (χ2v) is 2.65. The molecule has 0 spiro atoms. The Hall–Kier alpha value is -1.91. The molecule has 0 aromatic carbocycles. The van der Waals surface area contributed by atoms with Gasteiger partial charge < -0.3 is 5.11 Å². The Labute approximate surface area is 73.7 Å². The molecule has 0 aliphatic heterocycles. The second-order valence-electron chi connectivity index (χ2n) is 2.65. The summed E-state index contributed by atoms with van der Waals surface area (Å²) in [5.41, 5.74) is 1.26. The van der Waals surface area contributed by atoms with Crippen molar-refractivity contribution in [2.75, 3.05) is 0 Å². The van der Waals surface area contributed by atoms with Crippen molar-refractivity contribution < 1.29 is 9.90 Å². The monoisotopic (exact) mass is 177 g/mol. The molecule has 0 saturated carbocycles. The number of imidazole rings is 1.